The second-order valence-corrected chi connectivity index (χ2v) is 4.58. The summed E-state index contributed by atoms with van der Waals surface area (Å²) in [5, 5.41) is 22.4. The van der Waals surface area contributed by atoms with E-state index in [4.69, 9.17) is 5.11 Å². The Morgan fingerprint density at radius 2 is 2.29 bits per heavy atom. The van der Waals surface area contributed by atoms with E-state index in [1.54, 1.807) is 30.9 Å². The van der Waals surface area contributed by atoms with Crippen molar-refractivity contribution in [3.63, 3.8) is 0 Å². The molecule has 0 bridgehead atoms. The number of aliphatic hydroxyl groups excluding tert-OH is 1. The fourth-order valence-electron chi connectivity index (χ4n) is 1.41. The van der Waals surface area contributed by atoms with Crippen LogP contribution in [0.5, 0.6) is 0 Å². The fourth-order valence-corrected chi connectivity index (χ4v) is 2.34. The maximum Gasteiger partial charge on any atom is 0.269 e. The van der Waals surface area contributed by atoms with Crippen LogP contribution < -0.4 is 5.32 Å². The summed E-state index contributed by atoms with van der Waals surface area (Å²) in [6, 6.07) is 4.81. The molecule has 1 aromatic carbocycles. The highest BCUT2D eigenvalue weighted by molar-refractivity contribution is 7.98. The van der Waals surface area contributed by atoms with Gasteiger partial charge in [-0.2, -0.15) is 11.8 Å². The summed E-state index contributed by atoms with van der Waals surface area (Å²) in [4.78, 5) is 10.3. The van der Waals surface area contributed by atoms with Crippen LogP contribution in [0.3, 0.4) is 0 Å². The molecule has 0 radical (unpaired) electrons. The van der Waals surface area contributed by atoms with Gasteiger partial charge in [0.05, 0.1) is 4.92 Å². The SMILES string of the molecule is CNc1ccc([N+](=O)[O-])cc1CSCCCO. The summed E-state index contributed by atoms with van der Waals surface area (Å²) in [7, 11) is 1.79. The molecule has 0 saturated carbocycles. The molecule has 5 nitrogen and oxygen atoms in total. The summed E-state index contributed by atoms with van der Waals surface area (Å²) in [5.74, 6) is 1.56. The summed E-state index contributed by atoms with van der Waals surface area (Å²) in [6.07, 6.45) is 0.745. The molecule has 0 atom stereocenters. The molecular formula is C11H16N2O3S. The maximum atomic E-state index is 10.7. The number of nitro groups is 1. The van der Waals surface area contributed by atoms with E-state index in [2.05, 4.69) is 5.32 Å². The zero-order valence-electron chi connectivity index (χ0n) is 9.68. The average molecular weight is 256 g/mol. The van der Waals surface area contributed by atoms with Gasteiger partial charge in [-0.15, -0.1) is 0 Å². The molecule has 2 N–H and O–H groups in total. The third kappa shape index (κ3) is 4.24. The number of anilines is 1. The predicted molar refractivity (Wildman–Crippen MR) is 70.5 cm³/mol. The number of nitrogens with zero attached hydrogens (tertiary/aromatic N) is 1. The van der Waals surface area contributed by atoms with E-state index in [1.807, 2.05) is 0 Å². The quantitative estimate of drug-likeness (QED) is 0.444. The molecule has 0 aliphatic rings. The second-order valence-electron chi connectivity index (χ2n) is 3.48. The van der Waals surface area contributed by atoms with Crippen LogP contribution in [0.15, 0.2) is 18.2 Å². The zero-order valence-corrected chi connectivity index (χ0v) is 10.5. The summed E-state index contributed by atoms with van der Waals surface area (Å²) in [6.45, 7) is 0.181. The lowest BCUT2D eigenvalue weighted by molar-refractivity contribution is -0.384. The van der Waals surface area contributed by atoms with Crippen molar-refractivity contribution in [1.82, 2.24) is 0 Å². The van der Waals surface area contributed by atoms with Gasteiger partial charge >= 0.3 is 0 Å². The van der Waals surface area contributed by atoms with E-state index in [0.29, 0.717) is 5.75 Å². The molecule has 0 amide bonds. The van der Waals surface area contributed by atoms with Crippen LogP contribution in [-0.2, 0) is 5.75 Å². The van der Waals surface area contributed by atoms with Crippen molar-refractivity contribution in [2.75, 3.05) is 24.7 Å². The van der Waals surface area contributed by atoms with E-state index >= 15 is 0 Å². The lowest BCUT2D eigenvalue weighted by atomic mass is 10.2. The standard InChI is InChI=1S/C11H16N2O3S/c1-12-11-4-3-10(13(15)16)7-9(11)8-17-6-2-5-14/h3-4,7,12,14H,2,5-6,8H2,1H3. The molecule has 0 aliphatic heterocycles. The third-order valence-electron chi connectivity index (χ3n) is 2.27. The van der Waals surface area contributed by atoms with Gasteiger partial charge in [-0.25, -0.2) is 0 Å². The van der Waals surface area contributed by atoms with Gasteiger partial charge in [-0.3, -0.25) is 10.1 Å². The van der Waals surface area contributed by atoms with Gasteiger partial charge in [0.25, 0.3) is 5.69 Å². The Morgan fingerprint density at radius 3 is 2.88 bits per heavy atom. The Labute approximate surface area is 104 Å². The summed E-state index contributed by atoms with van der Waals surface area (Å²) in [5.41, 5.74) is 1.94. The van der Waals surface area contributed by atoms with Crippen molar-refractivity contribution in [2.24, 2.45) is 0 Å². The maximum absolute atomic E-state index is 10.7. The van der Waals surface area contributed by atoms with E-state index < -0.39 is 0 Å². The normalized spacial score (nSPS) is 10.2. The first-order valence-electron chi connectivity index (χ1n) is 5.32. The van der Waals surface area contributed by atoms with Crippen LogP contribution in [0.1, 0.15) is 12.0 Å². The molecule has 94 valence electrons. The summed E-state index contributed by atoms with van der Waals surface area (Å²) >= 11 is 1.66. The number of nitrogens with one attached hydrogen (secondary N) is 1. The van der Waals surface area contributed by atoms with Gasteiger partial charge in [0.15, 0.2) is 0 Å². The van der Waals surface area contributed by atoms with Crippen molar-refractivity contribution in [2.45, 2.75) is 12.2 Å². The minimum absolute atomic E-state index is 0.113. The van der Waals surface area contributed by atoms with Gasteiger partial charge in [0, 0.05) is 37.2 Å². The highest BCUT2D eigenvalue weighted by atomic mass is 32.2. The first-order valence-corrected chi connectivity index (χ1v) is 6.48. The van der Waals surface area contributed by atoms with Gasteiger partial charge in [0.1, 0.15) is 0 Å². The molecular weight excluding hydrogens is 240 g/mol. The van der Waals surface area contributed by atoms with Crippen LogP contribution in [0.2, 0.25) is 0 Å². The highest BCUT2D eigenvalue weighted by Crippen LogP contribution is 2.25. The number of hydrogen-bond acceptors (Lipinski definition) is 5. The Kier molecular flexibility index (Phi) is 5.79. The van der Waals surface area contributed by atoms with Crippen LogP contribution in [0.25, 0.3) is 0 Å². The molecule has 1 rings (SSSR count). The number of rotatable bonds is 7. The number of aliphatic hydroxyl groups is 1. The minimum atomic E-state index is -0.388. The lowest BCUT2D eigenvalue weighted by Gasteiger charge is -2.08. The van der Waals surface area contributed by atoms with Gasteiger partial charge < -0.3 is 10.4 Å². The van der Waals surface area contributed by atoms with E-state index in [0.717, 1.165) is 23.4 Å². The fraction of sp³-hybridized carbons (Fsp3) is 0.455. The van der Waals surface area contributed by atoms with Crippen LogP contribution in [0, 0.1) is 10.1 Å². The predicted octanol–water partition coefficient (Wildman–Crippen LogP) is 2.25. The number of nitro benzene ring substituents is 1. The van der Waals surface area contributed by atoms with E-state index in [-0.39, 0.29) is 17.2 Å². The van der Waals surface area contributed by atoms with Crippen molar-refractivity contribution in [1.29, 1.82) is 0 Å². The zero-order chi connectivity index (χ0) is 12.7. The monoisotopic (exact) mass is 256 g/mol. The van der Waals surface area contributed by atoms with Gasteiger partial charge in [0.2, 0.25) is 0 Å². The molecule has 1 aromatic rings. The lowest BCUT2D eigenvalue weighted by Crippen LogP contribution is -1.97. The third-order valence-corrected chi connectivity index (χ3v) is 3.37. The smallest absolute Gasteiger partial charge is 0.269 e. The van der Waals surface area contributed by atoms with Crippen molar-refractivity contribution < 1.29 is 10.0 Å². The Balaban J connectivity index is 2.72. The van der Waals surface area contributed by atoms with Gasteiger partial charge in [-0.1, -0.05) is 0 Å². The summed E-state index contributed by atoms with van der Waals surface area (Å²) < 4.78 is 0. The number of benzene rings is 1. The van der Waals surface area contributed by atoms with Gasteiger partial charge in [-0.05, 0) is 23.8 Å². The second kappa shape index (κ2) is 7.13. The molecule has 17 heavy (non-hydrogen) atoms. The van der Waals surface area contributed by atoms with Crippen molar-refractivity contribution >= 4 is 23.1 Å². The highest BCUT2D eigenvalue weighted by Gasteiger charge is 2.09. The molecule has 0 unspecified atom stereocenters. The number of hydrogen-bond donors (Lipinski definition) is 2. The number of thioether (sulfide) groups is 1. The Morgan fingerprint density at radius 1 is 1.53 bits per heavy atom. The van der Waals surface area contributed by atoms with Crippen LogP contribution >= 0.6 is 11.8 Å². The molecule has 0 aliphatic carbocycles. The molecule has 0 saturated heterocycles. The topological polar surface area (TPSA) is 75.4 Å². The molecule has 0 fully saturated rings. The van der Waals surface area contributed by atoms with Crippen molar-refractivity contribution in [3.05, 3.63) is 33.9 Å². The van der Waals surface area contributed by atoms with Crippen LogP contribution in [-0.4, -0.2) is 29.4 Å². The first-order chi connectivity index (χ1) is 8.19. The first kappa shape index (κ1) is 13.8. The van der Waals surface area contributed by atoms with E-state index in [1.165, 1.54) is 6.07 Å². The molecule has 0 heterocycles. The minimum Gasteiger partial charge on any atom is -0.396 e. The Bertz CT molecular complexity index is 385. The molecule has 0 aromatic heterocycles. The average Bonchev–Trinajstić information content (AvgIpc) is 2.34. The molecule has 6 heteroatoms. The Hall–Kier alpha value is -1.27. The van der Waals surface area contributed by atoms with E-state index in [9.17, 15) is 10.1 Å². The molecule has 0 spiro atoms. The van der Waals surface area contributed by atoms with Crippen molar-refractivity contribution in [3.8, 4) is 0 Å². The number of non-ortho nitro benzene ring substituents is 1. The van der Waals surface area contributed by atoms with Crippen LogP contribution in [0.4, 0.5) is 11.4 Å². The largest absolute Gasteiger partial charge is 0.396 e.